The minimum Gasteiger partial charge on any atom is -0.303 e. The van der Waals surface area contributed by atoms with Gasteiger partial charge in [-0.05, 0) is 38.4 Å². The molecule has 1 heterocycles. The molecule has 1 fully saturated rings. The van der Waals surface area contributed by atoms with Crippen LogP contribution in [-0.4, -0.2) is 33.3 Å². The minimum atomic E-state index is -0.614. The van der Waals surface area contributed by atoms with Gasteiger partial charge in [0.05, 0.1) is 0 Å². The first kappa shape index (κ1) is 17.0. The first-order valence-electron chi connectivity index (χ1n) is 8.56. The summed E-state index contributed by atoms with van der Waals surface area (Å²) in [6.45, 7) is 15.3. The van der Waals surface area contributed by atoms with Gasteiger partial charge in [0, 0.05) is 15.3 Å². The highest BCUT2D eigenvalue weighted by atomic mass is 28.3. The maximum Gasteiger partial charge on any atom is 0.0455 e. The Hall–Kier alpha value is -0.0831. The molecule has 0 N–H and O–H groups in total. The van der Waals surface area contributed by atoms with Gasteiger partial charge in [-0.3, -0.25) is 0 Å². The molecule has 1 aliphatic heterocycles. The van der Waals surface area contributed by atoms with E-state index in [1.165, 1.54) is 75.8 Å². The molecule has 1 unspecified atom stereocenters. The molecule has 1 saturated heterocycles. The summed E-state index contributed by atoms with van der Waals surface area (Å²) in [5.41, 5.74) is 2.30. The molecule has 0 radical (unpaired) electrons. The van der Waals surface area contributed by atoms with E-state index in [1.54, 1.807) is 0 Å². The van der Waals surface area contributed by atoms with E-state index in [-0.39, 0.29) is 0 Å². The van der Waals surface area contributed by atoms with Gasteiger partial charge in [0.15, 0.2) is 0 Å². The van der Waals surface area contributed by atoms with Crippen molar-refractivity contribution in [1.82, 2.24) is 4.90 Å². The molecule has 0 aromatic carbocycles. The van der Waals surface area contributed by atoms with Crippen LogP contribution in [0.5, 0.6) is 0 Å². The summed E-state index contributed by atoms with van der Waals surface area (Å²) in [7, 11) is -0.614. The summed E-state index contributed by atoms with van der Waals surface area (Å²) in [6.07, 6.45) is 8.62. The van der Waals surface area contributed by atoms with Crippen molar-refractivity contribution in [1.29, 1.82) is 0 Å². The van der Waals surface area contributed by atoms with Crippen LogP contribution in [0.25, 0.3) is 0 Å². The maximum atomic E-state index is 4.31. The van der Waals surface area contributed by atoms with E-state index in [0.29, 0.717) is 0 Å². The Morgan fingerprint density at radius 3 is 1.89 bits per heavy atom. The van der Waals surface area contributed by atoms with E-state index in [1.807, 2.05) is 0 Å². The Morgan fingerprint density at radius 2 is 1.47 bits per heavy atom. The second kappa shape index (κ2) is 9.76. The molecule has 112 valence electrons. The van der Waals surface area contributed by atoms with Gasteiger partial charge in [-0.2, -0.15) is 0 Å². The molecule has 1 aliphatic rings. The SMILES string of the molecule is C=C(C)C(CN1CCCCCCCC1)[SiH](CC)CC. The van der Waals surface area contributed by atoms with Crippen LogP contribution in [0.15, 0.2) is 12.2 Å². The van der Waals surface area contributed by atoms with Gasteiger partial charge in [-0.25, -0.2) is 0 Å². The molecule has 0 spiro atoms. The van der Waals surface area contributed by atoms with Gasteiger partial charge in [0.2, 0.25) is 0 Å². The predicted molar refractivity (Wildman–Crippen MR) is 90.8 cm³/mol. The molecule has 0 amide bonds. The quantitative estimate of drug-likeness (QED) is 0.496. The first-order chi connectivity index (χ1) is 9.19. The van der Waals surface area contributed by atoms with Crippen molar-refractivity contribution in [3.63, 3.8) is 0 Å². The van der Waals surface area contributed by atoms with E-state index in [4.69, 9.17) is 0 Å². The molecule has 0 aliphatic carbocycles. The molecule has 0 bridgehead atoms. The van der Waals surface area contributed by atoms with Crippen molar-refractivity contribution in [2.75, 3.05) is 19.6 Å². The molecule has 1 nitrogen and oxygen atoms in total. The van der Waals surface area contributed by atoms with Crippen molar-refractivity contribution in [3.8, 4) is 0 Å². The fraction of sp³-hybridized carbons (Fsp3) is 0.882. The average Bonchev–Trinajstić information content (AvgIpc) is 2.52. The molecular formula is C17H35NSi. The highest BCUT2D eigenvalue weighted by Crippen LogP contribution is 2.26. The summed E-state index contributed by atoms with van der Waals surface area (Å²) in [4.78, 5) is 2.76. The van der Waals surface area contributed by atoms with Crippen molar-refractivity contribution in [2.24, 2.45) is 0 Å². The van der Waals surface area contributed by atoms with Crippen LogP contribution in [0.2, 0.25) is 17.6 Å². The number of hydrogen-bond donors (Lipinski definition) is 0. The second-order valence-corrected chi connectivity index (χ2v) is 10.4. The smallest absolute Gasteiger partial charge is 0.0455 e. The highest BCUT2D eigenvalue weighted by Gasteiger charge is 2.23. The van der Waals surface area contributed by atoms with Crippen molar-refractivity contribution < 1.29 is 0 Å². The largest absolute Gasteiger partial charge is 0.303 e. The highest BCUT2D eigenvalue weighted by molar-refractivity contribution is 6.61. The molecule has 0 aromatic heterocycles. The third-order valence-electron chi connectivity index (χ3n) is 4.90. The van der Waals surface area contributed by atoms with E-state index >= 15 is 0 Å². The van der Waals surface area contributed by atoms with Gasteiger partial charge in [-0.1, -0.05) is 57.2 Å². The van der Waals surface area contributed by atoms with Crippen molar-refractivity contribution in [2.45, 2.75) is 76.9 Å². The van der Waals surface area contributed by atoms with Crippen LogP contribution in [0.3, 0.4) is 0 Å². The van der Waals surface area contributed by atoms with Crippen LogP contribution in [0, 0.1) is 0 Å². The molecule has 1 atom stereocenters. The Morgan fingerprint density at radius 1 is 1.00 bits per heavy atom. The van der Waals surface area contributed by atoms with E-state index < -0.39 is 8.80 Å². The lowest BCUT2D eigenvalue weighted by Gasteiger charge is -2.31. The lowest BCUT2D eigenvalue weighted by Crippen LogP contribution is -2.35. The Labute approximate surface area is 123 Å². The lowest BCUT2D eigenvalue weighted by atomic mass is 10.1. The summed E-state index contributed by atoms with van der Waals surface area (Å²) in [5, 5.41) is 0. The molecule has 0 aromatic rings. The van der Waals surface area contributed by atoms with Crippen molar-refractivity contribution >= 4 is 8.80 Å². The van der Waals surface area contributed by atoms with Gasteiger partial charge >= 0.3 is 0 Å². The lowest BCUT2D eigenvalue weighted by molar-refractivity contribution is 0.271. The fourth-order valence-electron chi connectivity index (χ4n) is 3.52. The third kappa shape index (κ3) is 6.27. The van der Waals surface area contributed by atoms with Crippen LogP contribution < -0.4 is 0 Å². The molecule has 0 saturated carbocycles. The molecule has 19 heavy (non-hydrogen) atoms. The minimum absolute atomic E-state index is 0.614. The van der Waals surface area contributed by atoms with Crippen LogP contribution in [-0.2, 0) is 0 Å². The standard InChI is InChI=1S/C17H35NSi/c1-5-19(6-2)17(16(3)4)15-18-13-11-9-7-8-10-12-14-18/h17,19H,3,5-15H2,1-2,4H3. The molecular weight excluding hydrogens is 246 g/mol. The van der Waals surface area contributed by atoms with E-state index in [9.17, 15) is 0 Å². The Kier molecular flexibility index (Phi) is 8.72. The molecule has 2 heteroatoms. The average molecular weight is 282 g/mol. The third-order valence-corrected chi connectivity index (χ3v) is 8.92. The maximum absolute atomic E-state index is 4.31. The fourth-order valence-corrected chi connectivity index (χ4v) is 6.63. The first-order valence-corrected chi connectivity index (χ1v) is 10.9. The van der Waals surface area contributed by atoms with Gasteiger partial charge in [-0.15, -0.1) is 6.58 Å². The zero-order valence-electron chi connectivity index (χ0n) is 13.6. The normalized spacial score (nSPS) is 20.6. The van der Waals surface area contributed by atoms with Crippen LogP contribution in [0.4, 0.5) is 0 Å². The summed E-state index contributed by atoms with van der Waals surface area (Å²) < 4.78 is 0. The van der Waals surface area contributed by atoms with Crippen LogP contribution >= 0.6 is 0 Å². The monoisotopic (exact) mass is 281 g/mol. The Balaban J connectivity index is 2.56. The van der Waals surface area contributed by atoms with E-state index in [2.05, 4.69) is 32.3 Å². The topological polar surface area (TPSA) is 3.24 Å². The number of nitrogens with zero attached hydrogens (tertiary/aromatic N) is 1. The second-order valence-electron chi connectivity index (χ2n) is 6.45. The van der Waals surface area contributed by atoms with E-state index in [0.717, 1.165) is 5.54 Å². The van der Waals surface area contributed by atoms with Crippen molar-refractivity contribution in [3.05, 3.63) is 12.2 Å². The predicted octanol–water partition coefficient (Wildman–Crippen LogP) is 4.86. The zero-order chi connectivity index (χ0) is 14.1. The Bertz CT molecular complexity index is 238. The summed E-state index contributed by atoms with van der Waals surface area (Å²) in [6, 6.07) is 2.86. The summed E-state index contributed by atoms with van der Waals surface area (Å²) in [5.74, 6) is 0. The molecule has 1 rings (SSSR count). The van der Waals surface area contributed by atoms with Gasteiger partial charge in [0.1, 0.15) is 0 Å². The van der Waals surface area contributed by atoms with Gasteiger partial charge in [0.25, 0.3) is 0 Å². The number of rotatable bonds is 6. The number of hydrogen-bond acceptors (Lipinski definition) is 1. The zero-order valence-corrected chi connectivity index (χ0v) is 14.7. The summed E-state index contributed by atoms with van der Waals surface area (Å²) >= 11 is 0. The van der Waals surface area contributed by atoms with Gasteiger partial charge < -0.3 is 4.90 Å². The van der Waals surface area contributed by atoms with Crippen LogP contribution in [0.1, 0.15) is 59.3 Å².